The quantitative estimate of drug-likeness (QED) is 0.312. The van der Waals surface area contributed by atoms with Crippen LogP contribution in [-0.4, -0.2) is 44.9 Å². The summed E-state index contributed by atoms with van der Waals surface area (Å²) < 4.78 is 39.9. The molecule has 0 radical (unpaired) electrons. The third kappa shape index (κ3) is 8.08. The summed E-state index contributed by atoms with van der Waals surface area (Å²) >= 11 is 0. The van der Waals surface area contributed by atoms with Crippen molar-refractivity contribution in [3.63, 3.8) is 0 Å². The molecule has 9 heteroatoms. The lowest BCUT2D eigenvalue weighted by Crippen LogP contribution is -2.30. The lowest BCUT2D eigenvalue weighted by Gasteiger charge is -2.27. The molecule has 0 saturated carbocycles. The minimum atomic E-state index is -3.89. The number of benzene rings is 2. The van der Waals surface area contributed by atoms with E-state index in [1.165, 1.54) is 38.2 Å². The van der Waals surface area contributed by atoms with E-state index in [4.69, 9.17) is 9.47 Å². The maximum Gasteiger partial charge on any atom is 0.265 e. The molecule has 2 heterocycles. The fourth-order valence-corrected chi connectivity index (χ4v) is 5.14. The van der Waals surface area contributed by atoms with Crippen molar-refractivity contribution in [2.75, 3.05) is 35.9 Å². The van der Waals surface area contributed by atoms with Crippen LogP contribution in [-0.2, 0) is 10.0 Å². The van der Waals surface area contributed by atoms with E-state index < -0.39 is 10.0 Å². The molecule has 38 heavy (non-hydrogen) atoms. The van der Waals surface area contributed by atoms with E-state index in [1.807, 2.05) is 31.2 Å². The first kappa shape index (κ1) is 29.2. The molecule has 206 valence electrons. The smallest absolute Gasteiger partial charge is 0.265 e. The van der Waals surface area contributed by atoms with Crippen LogP contribution in [0.5, 0.6) is 11.5 Å². The first-order chi connectivity index (χ1) is 18.4. The van der Waals surface area contributed by atoms with Crippen LogP contribution in [0.3, 0.4) is 0 Å². The van der Waals surface area contributed by atoms with E-state index in [2.05, 4.69) is 33.7 Å². The van der Waals surface area contributed by atoms with Gasteiger partial charge in [0.05, 0.1) is 18.9 Å². The first-order valence-electron chi connectivity index (χ1n) is 13.5. The average Bonchev–Trinajstić information content (AvgIpc) is 2.95. The van der Waals surface area contributed by atoms with Crippen LogP contribution in [0.15, 0.2) is 59.5 Å². The van der Waals surface area contributed by atoms with E-state index in [1.54, 1.807) is 31.2 Å². The summed E-state index contributed by atoms with van der Waals surface area (Å²) in [6.07, 6.45) is 6.27. The van der Waals surface area contributed by atoms with Gasteiger partial charge in [0.1, 0.15) is 16.4 Å². The van der Waals surface area contributed by atoms with Gasteiger partial charge in [-0.25, -0.2) is 8.42 Å². The Morgan fingerprint density at radius 3 is 2.08 bits per heavy atom. The van der Waals surface area contributed by atoms with Crippen molar-refractivity contribution in [2.24, 2.45) is 0 Å². The molecule has 8 nitrogen and oxygen atoms in total. The van der Waals surface area contributed by atoms with E-state index in [9.17, 15) is 8.42 Å². The van der Waals surface area contributed by atoms with Crippen molar-refractivity contribution in [3.8, 4) is 22.8 Å². The van der Waals surface area contributed by atoms with Crippen LogP contribution < -0.4 is 19.1 Å². The molecule has 3 aromatic rings. The predicted molar refractivity (Wildman–Crippen MR) is 154 cm³/mol. The SMILES string of the molecule is CCCC.CCOc1ccc(OCC)c(S(=O)(=O)Nc2ccc(-c3ccc(N4CCCCC4)nn3)cc2)c1. The number of rotatable bonds is 10. The Morgan fingerprint density at radius 1 is 0.816 bits per heavy atom. The first-order valence-corrected chi connectivity index (χ1v) is 15.0. The Hall–Kier alpha value is -3.33. The summed E-state index contributed by atoms with van der Waals surface area (Å²) in [5.41, 5.74) is 2.03. The maximum absolute atomic E-state index is 13.1. The van der Waals surface area contributed by atoms with Gasteiger partial charge in [-0.15, -0.1) is 10.2 Å². The Kier molecular flexibility index (Phi) is 11.2. The van der Waals surface area contributed by atoms with Gasteiger partial charge in [0, 0.05) is 30.4 Å². The Bertz CT molecular complexity index is 1220. The number of sulfonamides is 1. The van der Waals surface area contributed by atoms with E-state index >= 15 is 0 Å². The van der Waals surface area contributed by atoms with Gasteiger partial charge in [-0.1, -0.05) is 38.8 Å². The number of hydrogen-bond donors (Lipinski definition) is 1. The molecule has 1 aliphatic rings. The normalized spacial score (nSPS) is 13.3. The lowest BCUT2D eigenvalue weighted by molar-refractivity contribution is 0.322. The molecular formula is C29H40N4O4S. The van der Waals surface area contributed by atoms with Gasteiger partial charge in [-0.05, 0) is 69.5 Å². The lowest BCUT2D eigenvalue weighted by atomic mass is 10.1. The second kappa shape index (κ2) is 14.6. The van der Waals surface area contributed by atoms with Crippen molar-refractivity contribution in [2.45, 2.75) is 64.7 Å². The molecular weight excluding hydrogens is 500 g/mol. The number of nitrogens with one attached hydrogen (secondary N) is 1. The van der Waals surface area contributed by atoms with Crippen molar-refractivity contribution in [1.82, 2.24) is 10.2 Å². The summed E-state index contributed by atoms with van der Waals surface area (Å²) in [6.45, 7) is 10.8. The van der Waals surface area contributed by atoms with Gasteiger partial charge in [-0.2, -0.15) is 0 Å². The third-order valence-electron chi connectivity index (χ3n) is 6.08. The number of aromatic nitrogens is 2. The highest BCUT2D eigenvalue weighted by Gasteiger charge is 2.21. The minimum Gasteiger partial charge on any atom is -0.494 e. The van der Waals surface area contributed by atoms with Crippen molar-refractivity contribution >= 4 is 21.5 Å². The van der Waals surface area contributed by atoms with Gasteiger partial charge in [-0.3, -0.25) is 4.72 Å². The zero-order valence-electron chi connectivity index (χ0n) is 22.9. The van der Waals surface area contributed by atoms with Gasteiger partial charge >= 0.3 is 0 Å². The summed E-state index contributed by atoms with van der Waals surface area (Å²) in [5, 5.41) is 8.76. The second-order valence-corrected chi connectivity index (χ2v) is 10.6. The van der Waals surface area contributed by atoms with Crippen molar-refractivity contribution < 1.29 is 17.9 Å². The minimum absolute atomic E-state index is 0.0311. The fourth-order valence-electron chi connectivity index (χ4n) is 3.92. The van der Waals surface area contributed by atoms with Crippen LogP contribution in [0.25, 0.3) is 11.3 Å². The molecule has 1 saturated heterocycles. The summed E-state index contributed by atoms with van der Waals surface area (Å²) in [4.78, 5) is 2.29. The topological polar surface area (TPSA) is 93.6 Å². The molecule has 0 unspecified atom stereocenters. The standard InChI is InChI=1S/C25H30N4O4S.C4H10/c1-3-32-21-12-14-23(33-4-2)24(18-21)34(30,31)28-20-10-8-19(9-11-20)22-13-15-25(27-26-22)29-16-6-5-7-17-29;1-3-4-2/h8-15,18,28H,3-7,16-17H2,1-2H3;3-4H2,1-2H3. The van der Waals surface area contributed by atoms with Gasteiger partial charge in [0.25, 0.3) is 10.0 Å². The largest absolute Gasteiger partial charge is 0.494 e. The number of unbranched alkanes of at least 4 members (excludes halogenated alkanes) is 1. The number of piperidine rings is 1. The van der Waals surface area contributed by atoms with Crippen LogP contribution in [0.4, 0.5) is 11.5 Å². The molecule has 0 amide bonds. The molecule has 4 rings (SSSR count). The second-order valence-electron chi connectivity index (χ2n) is 8.98. The highest BCUT2D eigenvalue weighted by molar-refractivity contribution is 7.92. The van der Waals surface area contributed by atoms with E-state index in [0.29, 0.717) is 24.7 Å². The Balaban J connectivity index is 0.000000934. The Morgan fingerprint density at radius 2 is 1.50 bits per heavy atom. The third-order valence-corrected chi connectivity index (χ3v) is 7.48. The molecule has 0 aliphatic carbocycles. The van der Waals surface area contributed by atoms with Gasteiger partial charge in [0.15, 0.2) is 5.82 Å². The van der Waals surface area contributed by atoms with Crippen molar-refractivity contribution in [3.05, 3.63) is 54.6 Å². The summed E-state index contributed by atoms with van der Waals surface area (Å²) in [5.74, 6) is 1.64. The van der Waals surface area contributed by atoms with Crippen LogP contribution in [0.2, 0.25) is 0 Å². The number of nitrogens with zero attached hydrogens (tertiary/aromatic N) is 3. The molecule has 1 fully saturated rings. The predicted octanol–water partition coefficient (Wildman–Crippen LogP) is 6.54. The molecule has 1 aliphatic heterocycles. The van der Waals surface area contributed by atoms with Crippen LogP contribution in [0, 0.1) is 0 Å². The van der Waals surface area contributed by atoms with Crippen LogP contribution >= 0.6 is 0 Å². The monoisotopic (exact) mass is 540 g/mol. The fraction of sp³-hybridized carbons (Fsp3) is 0.448. The molecule has 0 spiro atoms. The zero-order valence-corrected chi connectivity index (χ0v) is 23.8. The van der Waals surface area contributed by atoms with Gasteiger partial charge in [0.2, 0.25) is 0 Å². The molecule has 0 bridgehead atoms. The molecule has 1 aromatic heterocycles. The summed E-state index contributed by atoms with van der Waals surface area (Å²) in [6, 6.07) is 15.8. The average molecular weight is 541 g/mol. The van der Waals surface area contributed by atoms with Gasteiger partial charge < -0.3 is 14.4 Å². The number of anilines is 2. The van der Waals surface area contributed by atoms with E-state index in [-0.39, 0.29) is 10.6 Å². The summed E-state index contributed by atoms with van der Waals surface area (Å²) in [7, 11) is -3.89. The number of hydrogen-bond acceptors (Lipinski definition) is 7. The molecule has 1 N–H and O–H groups in total. The maximum atomic E-state index is 13.1. The van der Waals surface area contributed by atoms with E-state index in [0.717, 1.165) is 30.2 Å². The Labute approximate surface area is 227 Å². The van der Waals surface area contributed by atoms with Crippen molar-refractivity contribution in [1.29, 1.82) is 0 Å². The molecule has 2 aromatic carbocycles. The zero-order chi connectivity index (χ0) is 27.4. The highest BCUT2D eigenvalue weighted by atomic mass is 32.2. The number of ether oxygens (including phenoxy) is 2. The molecule has 0 atom stereocenters. The van der Waals surface area contributed by atoms with Crippen LogP contribution in [0.1, 0.15) is 59.8 Å². The highest BCUT2D eigenvalue weighted by Crippen LogP contribution is 2.31.